The van der Waals surface area contributed by atoms with Crippen LogP contribution in [0.1, 0.15) is 6.92 Å². The van der Waals surface area contributed by atoms with Gasteiger partial charge in [-0.15, -0.1) is 0 Å². The lowest BCUT2D eigenvalue weighted by Crippen LogP contribution is -2.07. The van der Waals surface area contributed by atoms with Gasteiger partial charge in [0.2, 0.25) is 5.95 Å². The van der Waals surface area contributed by atoms with E-state index in [0.717, 1.165) is 0 Å². The Morgan fingerprint density at radius 3 is 2.67 bits per heavy atom. The first kappa shape index (κ1) is 8.86. The summed E-state index contributed by atoms with van der Waals surface area (Å²) in [5.41, 5.74) is 11.2. The average Bonchev–Trinajstić information content (AvgIpc) is 2.00. The van der Waals surface area contributed by atoms with E-state index in [1.807, 2.05) is 6.92 Å². The Balaban J connectivity index is 3.09. The van der Waals surface area contributed by atoms with E-state index < -0.39 is 0 Å². The molecule has 0 bridgehead atoms. The van der Waals surface area contributed by atoms with E-state index in [2.05, 4.69) is 15.3 Å². The first-order chi connectivity index (χ1) is 5.65. The number of anilines is 3. The minimum Gasteiger partial charge on any atom is -0.393 e. The molecule has 0 aromatic carbocycles. The molecular formula is C6H10ClN5. The molecule has 0 atom stereocenters. The molecule has 0 saturated heterocycles. The van der Waals surface area contributed by atoms with Gasteiger partial charge in [0.05, 0.1) is 0 Å². The van der Waals surface area contributed by atoms with Gasteiger partial charge in [-0.25, -0.2) is 0 Å². The van der Waals surface area contributed by atoms with E-state index in [4.69, 9.17) is 23.1 Å². The lowest BCUT2D eigenvalue weighted by atomic mass is 10.5. The number of rotatable bonds is 2. The van der Waals surface area contributed by atoms with Gasteiger partial charge >= 0.3 is 0 Å². The maximum absolute atomic E-state index is 5.66. The zero-order chi connectivity index (χ0) is 9.14. The molecule has 5 nitrogen and oxygen atoms in total. The van der Waals surface area contributed by atoms with Gasteiger partial charge in [0.25, 0.3) is 0 Å². The SMILES string of the molecule is CCNc1nc(N)nc(Cl)c1N. The summed E-state index contributed by atoms with van der Waals surface area (Å²) in [6.45, 7) is 2.63. The Hall–Kier alpha value is -1.23. The summed E-state index contributed by atoms with van der Waals surface area (Å²) in [6, 6.07) is 0. The normalized spacial score (nSPS) is 9.83. The van der Waals surface area contributed by atoms with Gasteiger partial charge < -0.3 is 16.8 Å². The zero-order valence-corrected chi connectivity index (χ0v) is 7.39. The highest BCUT2D eigenvalue weighted by molar-refractivity contribution is 6.32. The minimum atomic E-state index is 0.116. The van der Waals surface area contributed by atoms with Crippen LogP contribution in [-0.4, -0.2) is 16.5 Å². The molecule has 0 radical (unpaired) electrons. The van der Waals surface area contributed by atoms with Gasteiger partial charge in [-0.2, -0.15) is 9.97 Å². The third-order valence-corrected chi connectivity index (χ3v) is 1.55. The van der Waals surface area contributed by atoms with Gasteiger partial charge in [0.1, 0.15) is 5.69 Å². The number of nitrogen functional groups attached to an aromatic ring is 2. The fraction of sp³-hybridized carbons (Fsp3) is 0.333. The Labute approximate surface area is 75.1 Å². The van der Waals surface area contributed by atoms with Crippen LogP contribution in [0.2, 0.25) is 5.15 Å². The Morgan fingerprint density at radius 1 is 1.42 bits per heavy atom. The average molecular weight is 188 g/mol. The highest BCUT2D eigenvalue weighted by atomic mass is 35.5. The molecule has 0 aliphatic rings. The lowest BCUT2D eigenvalue weighted by Gasteiger charge is -2.06. The minimum absolute atomic E-state index is 0.116. The Morgan fingerprint density at radius 2 is 2.08 bits per heavy atom. The van der Waals surface area contributed by atoms with Crippen LogP contribution >= 0.6 is 11.6 Å². The van der Waals surface area contributed by atoms with Crippen LogP contribution < -0.4 is 16.8 Å². The van der Waals surface area contributed by atoms with Crippen LogP contribution in [0.4, 0.5) is 17.5 Å². The molecule has 1 aromatic heterocycles. The monoisotopic (exact) mass is 187 g/mol. The summed E-state index contributed by atoms with van der Waals surface area (Å²) >= 11 is 5.66. The van der Waals surface area contributed by atoms with Gasteiger partial charge in [-0.3, -0.25) is 0 Å². The number of hydrogen-bond donors (Lipinski definition) is 3. The molecule has 0 saturated carbocycles. The molecule has 0 aliphatic heterocycles. The number of aromatic nitrogens is 2. The second kappa shape index (κ2) is 3.44. The largest absolute Gasteiger partial charge is 0.393 e. The predicted molar refractivity (Wildman–Crippen MR) is 50.0 cm³/mol. The number of nitrogens with two attached hydrogens (primary N) is 2. The maximum Gasteiger partial charge on any atom is 0.223 e. The van der Waals surface area contributed by atoms with E-state index in [9.17, 15) is 0 Å². The van der Waals surface area contributed by atoms with Gasteiger partial charge in [0.15, 0.2) is 11.0 Å². The fourth-order valence-electron chi connectivity index (χ4n) is 0.760. The van der Waals surface area contributed by atoms with Crippen molar-refractivity contribution in [2.45, 2.75) is 6.92 Å². The quantitative estimate of drug-likeness (QED) is 0.594. The molecule has 6 heteroatoms. The van der Waals surface area contributed by atoms with Gasteiger partial charge in [0, 0.05) is 6.54 Å². The molecule has 0 fully saturated rings. The second-order valence-corrected chi connectivity index (χ2v) is 2.52. The topological polar surface area (TPSA) is 89.8 Å². The molecule has 12 heavy (non-hydrogen) atoms. The van der Waals surface area contributed by atoms with Crippen molar-refractivity contribution < 1.29 is 0 Å². The molecule has 0 spiro atoms. The second-order valence-electron chi connectivity index (χ2n) is 2.17. The fourth-order valence-corrected chi connectivity index (χ4v) is 0.937. The molecule has 1 heterocycles. The summed E-state index contributed by atoms with van der Waals surface area (Å²) in [4.78, 5) is 7.55. The van der Waals surface area contributed by atoms with E-state index in [0.29, 0.717) is 18.1 Å². The highest BCUT2D eigenvalue weighted by Gasteiger charge is 2.06. The van der Waals surface area contributed by atoms with Crippen molar-refractivity contribution in [3.05, 3.63) is 5.15 Å². The standard InChI is InChI=1S/C6H10ClN5/c1-2-10-5-3(8)4(7)11-6(9)12-5/h2,8H2,1H3,(H3,9,10,11,12). The van der Waals surface area contributed by atoms with Crippen molar-refractivity contribution in [1.29, 1.82) is 0 Å². The number of hydrogen-bond acceptors (Lipinski definition) is 5. The molecule has 0 unspecified atom stereocenters. The first-order valence-electron chi connectivity index (χ1n) is 3.47. The van der Waals surface area contributed by atoms with Gasteiger partial charge in [-0.1, -0.05) is 11.6 Å². The highest BCUT2D eigenvalue weighted by Crippen LogP contribution is 2.23. The van der Waals surface area contributed by atoms with Crippen molar-refractivity contribution in [3.8, 4) is 0 Å². The summed E-state index contributed by atoms with van der Waals surface area (Å²) < 4.78 is 0. The van der Waals surface area contributed by atoms with Crippen molar-refractivity contribution in [3.63, 3.8) is 0 Å². The Bertz CT molecular complexity index is 288. The van der Waals surface area contributed by atoms with Crippen molar-refractivity contribution in [2.75, 3.05) is 23.3 Å². The number of nitrogens with one attached hydrogen (secondary N) is 1. The van der Waals surface area contributed by atoms with Crippen LogP contribution in [0.25, 0.3) is 0 Å². The van der Waals surface area contributed by atoms with Crippen molar-refractivity contribution in [1.82, 2.24) is 9.97 Å². The summed E-state index contributed by atoms with van der Waals surface area (Å²) in [7, 11) is 0. The smallest absolute Gasteiger partial charge is 0.223 e. The van der Waals surface area contributed by atoms with Gasteiger partial charge in [-0.05, 0) is 6.92 Å². The predicted octanol–water partition coefficient (Wildman–Crippen LogP) is 0.726. The molecular weight excluding hydrogens is 178 g/mol. The van der Waals surface area contributed by atoms with Crippen LogP contribution in [0.5, 0.6) is 0 Å². The zero-order valence-electron chi connectivity index (χ0n) is 6.63. The van der Waals surface area contributed by atoms with Crippen LogP contribution in [0.15, 0.2) is 0 Å². The van der Waals surface area contributed by atoms with E-state index in [1.54, 1.807) is 0 Å². The van der Waals surface area contributed by atoms with E-state index in [1.165, 1.54) is 0 Å². The molecule has 1 aromatic rings. The number of nitrogens with zero attached hydrogens (tertiary/aromatic N) is 2. The van der Waals surface area contributed by atoms with Crippen LogP contribution in [0.3, 0.4) is 0 Å². The number of halogens is 1. The molecule has 66 valence electrons. The molecule has 1 rings (SSSR count). The molecule has 5 N–H and O–H groups in total. The first-order valence-corrected chi connectivity index (χ1v) is 3.85. The van der Waals surface area contributed by atoms with Crippen molar-refractivity contribution >= 4 is 29.1 Å². The van der Waals surface area contributed by atoms with Crippen molar-refractivity contribution in [2.24, 2.45) is 0 Å². The summed E-state index contributed by atoms with van der Waals surface area (Å²) in [5, 5.41) is 3.10. The summed E-state index contributed by atoms with van der Waals surface area (Å²) in [5.74, 6) is 0.597. The Kier molecular flexibility index (Phi) is 2.54. The maximum atomic E-state index is 5.66. The molecule has 0 amide bonds. The summed E-state index contributed by atoms with van der Waals surface area (Å²) in [6.07, 6.45) is 0. The van der Waals surface area contributed by atoms with Crippen LogP contribution in [-0.2, 0) is 0 Å². The van der Waals surface area contributed by atoms with E-state index >= 15 is 0 Å². The van der Waals surface area contributed by atoms with E-state index in [-0.39, 0.29) is 11.1 Å². The third-order valence-electron chi connectivity index (χ3n) is 1.26. The third kappa shape index (κ3) is 1.68. The lowest BCUT2D eigenvalue weighted by molar-refractivity contribution is 1.13. The molecule has 0 aliphatic carbocycles. The van der Waals surface area contributed by atoms with Crippen LogP contribution in [0, 0.1) is 0 Å².